The van der Waals surface area contributed by atoms with Crippen molar-refractivity contribution in [3.8, 4) is 5.75 Å². The average Bonchev–Trinajstić information content (AvgIpc) is 2.71. The summed E-state index contributed by atoms with van der Waals surface area (Å²) < 4.78 is 8.57. The van der Waals surface area contributed by atoms with E-state index in [9.17, 15) is 0 Å². The lowest BCUT2D eigenvalue weighted by atomic mass is 10.2. The number of hydrogen-bond donors (Lipinski definition) is 1. The van der Waals surface area contributed by atoms with Crippen LogP contribution in [0.15, 0.2) is 22.7 Å². The highest BCUT2D eigenvalue weighted by Gasteiger charge is 2.13. The second-order valence-corrected chi connectivity index (χ2v) is 6.12. The third-order valence-corrected chi connectivity index (χ3v) is 4.53. The van der Waals surface area contributed by atoms with Crippen LogP contribution in [0.3, 0.4) is 0 Å². The normalized spacial score (nSPS) is 10.7. The zero-order chi connectivity index (χ0) is 15.6. The third kappa shape index (κ3) is 3.56. The molecule has 0 radical (unpaired) electrons. The van der Waals surface area contributed by atoms with Crippen molar-refractivity contribution in [3.63, 3.8) is 0 Å². The van der Waals surface area contributed by atoms with Gasteiger partial charge in [-0.25, -0.2) is 0 Å². The molecule has 0 aliphatic carbocycles. The summed E-state index contributed by atoms with van der Waals surface area (Å²) in [6.07, 6.45) is 0.864. The fourth-order valence-corrected chi connectivity index (χ4v) is 3.15. The maximum atomic E-state index is 6.12. The van der Waals surface area contributed by atoms with Gasteiger partial charge in [0, 0.05) is 12.6 Å². The van der Waals surface area contributed by atoms with Gasteiger partial charge in [0.05, 0.1) is 20.9 Å². The highest BCUT2D eigenvalue weighted by Crippen LogP contribution is 2.26. The number of rotatable bonds is 5. The summed E-state index contributed by atoms with van der Waals surface area (Å²) in [6.45, 7) is 2.46. The van der Waals surface area contributed by atoms with Gasteiger partial charge in [-0.15, -0.1) is 0 Å². The topological polar surface area (TPSA) is 53.1 Å². The number of ether oxygens (including phenoxy) is 1. The van der Waals surface area contributed by atoms with Gasteiger partial charge in [-0.05, 0) is 40.5 Å². The van der Waals surface area contributed by atoms with Crippen LogP contribution in [0.2, 0.25) is 5.02 Å². The van der Waals surface area contributed by atoms with Crippen LogP contribution in [0.5, 0.6) is 5.75 Å². The van der Waals surface area contributed by atoms with Crippen LogP contribution < -0.4 is 10.5 Å². The van der Waals surface area contributed by atoms with E-state index in [1.165, 1.54) is 0 Å². The lowest BCUT2D eigenvalue weighted by molar-refractivity contribution is 0.294. The highest BCUT2D eigenvalue weighted by molar-refractivity contribution is 9.10. The van der Waals surface area contributed by atoms with Crippen molar-refractivity contribution < 1.29 is 4.74 Å². The molecule has 2 aromatic rings. The molecule has 112 valence electrons. The second-order valence-electron chi connectivity index (χ2n) is 4.48. The van der Waals surface area contributed by atoms with Crippen LogP contribution in [-0.4, -0.2) is 14.8 Å². The van der Waals surface area contributed by atoms with Gasteiger partial charge < -0.3 is 10.5 Å². The van der Waals surface area contributed by atoms with Gasteiger partial charge in [0.2, 0.25) is 0 Å². The second kappa shape index (κ2) is 6.77. The first kappa shape index (κ1) is 16.3. The number of hydrogen-bond acceptors (Lipinski definition) is 3. The van der Waals surface area contributed by atoms with Crippen LogP contribution in [0, 0.1) is 0 Å². The number of nitrogens with two attached hydrogens (primary N) is 1. The molecule has 2 N–H and O–H groups in total. The Hall–Kier alpha value is -1.11. The number of halogens is 2. The van der Waals surface area contributed by atoms with Crippen molar-refractivity contribution in [2.75, 3.05) is 0 Å². The molecule has 0 spiro atoms. The number of thiocarbonyl (C=S) groups is 1. The van der Waals surface area contributed by atoms with Crippen LogP contribution in [0.25, 0.3) is 0 Å². The molecule has 21 heavy (non-hydrogen) atoms. The molecule has 0 saturated heterocycles. The maximum absolute atomic E-state index is 6.12. The van der Waals surface area contributed by atoms with E-state index >= 15 is 0 Å². The van der Waals surface area contributed by atoms with Gasteiger partial charge in [0.25, 0.3) is 0 Å². The van der Waals surface area contributed by atoms with Crippen molar-refractivity contribution >= 4 is 44.7 Å². The number of aromatic nitrogens is 2. The van der Waals surface area contributed by atoms with Gasteiger partial charge in [-0.1, -0.05) is 30.7 Å². The quantitative estimate of drug-likeness (QED) is 0.795. The van der Waals surface area contributed by atoms with Crippen LogP contribution in [0.1, 0.15) is 23.9 Å². The maximum Gasteiger partial charge on any atom is 0.131 e. The van der Waals surface area contributed by atoms with Gasteiger partial charge >= 0.3 is 0 Å². The molecule has 0 unspecified atom stereocenters. The first-order valence-electron chi connectivity index (χ1n) is 6.36. The molecule has 1 aromatic carbocycles. The Labute approximate surface area is 142 Å². The molecule has 0 aliphatic heterocycles. The Balaban J connectivity index is 2.15. The lowest BCUT2D eigenvalue weighted by Crippen LogP contribution is -2.10. The molecular formula is C14H15BrClN3OS. The van der Waals surface area contributed by atoms with E-state index in [1.54, 1.807) is 18.2 Å². The Bertz CT molecular complexity index is 687. The number of nitrogens with zero attached hydrogens (tertiary/aromatic N) is 2. The van der Waals surface area contributed by atoms with Gasteiger partial charge in [-0.3, -0.25) is 4.68 Å². The first-order valence-corrected chi connectivity index (χ1v) is 7.94. The van der Waals surface area contributed by atoms with E-state index in [-0.39, 0.29) is 4.99 Å². The van der Waals surface area contributed by atoms with E-state index in [0.717, 1.165) is 22.3 Å². The predicted octanol–water partition coefficient (Wildman–Crippen LogP) is 3.61. The minimum Gasteiger partial charge on any atom is -0.487 e. The molecule has 0 bridgehead atoms. The lowest BCUT2D eigenvalue weighted by Gasteiger charge is -2.09. The number of aryl methyl sites for hydroxylation is 2. The highest BCUT2D eigenvalue weighted by atomic mass is 79.9. The van der Waals surface area contributed by atoms with Gasteiger partial charge in [-0.2, -0.15) is 5.10 Å². The summed E-state index contributed by atoms with van der Waals surface area (Å²) >= 11 is 14.6. The Kier molecular flexibility index (Phi) is 5.24. The SMILES string of the molecule is CCc1nn(C)c(COc2ccc(C(N)=S)c(Cl)c2)c1Br. The third-order valence-electron chi connectivity index (χ3n) is 3.08. The van der Waals surface area contributed by atoms with E-state index in [1.807, 2.05) is 11.7 Å². The van der Waals surface area contributed by atoms with E-state index in [2.05, 4.69) is 28.0 Å². The molecule has 0 saturated carbocycles. The number of benzene rings is 1. The summed E-state index contributed by atoms with van der Waals surface area (Å²) in [6, 6.07) is 5.27. The van der Waals surface area contributed by atoms with Crippen molar-refractivity contribution in [3.05, 3.63) is 44.6 Å². The largest absolute Gasteiger partial charge is 0.487 e. The standard InChI is InChI=1S/C14H15BrClN3OS/c1-3-11-13(15)12(19(2)18-11)7-20-8-4-5-9(14(17)21)10(16)6-8/h4-6H,3,7H2,1-2H3,(H2,17,21). The van der Waals surface area contributed by atoms with Gasteiger partial charge in [0.1, 0.15) is 17.3 Å². The molecule has 2 rings (SSSR count). The van der Waals surface area contributed by atoms with Crippen molar-refractivity contribution in [2.24, 2.45) is 12.8 Å². The zero-order valence-electron chi connectivity index (χ0n) is 11.7. The summed E-state index contributed by atoms with van der Waals surface area (Å²) in [5.41, 5.74) is 8.21. The van der Waals surface area contributed by atoms with Crippen LogP contribution in [-0.2, 0) is 20.1 Å². The Morgan fingerprint density at radius 3 is 2.76 bits per heavy atom. The molecule has 0 aliphatic rings. The molecule has 0 fully saturated rings. The van der Waals surface area contributed by atoms with E-state index < -0.39 is 0 Å². The Morgan fingerprint density at radius 1 is 1.52 bits per heavy atom. The van der Waals surface area contributed by atoms with Crippen LogP contribution >= 0.6 is 39.7 Å². The molecular weight excluding hydrogens is 374 g/mol. The molecule has 4 nitrogen and oxygen atoms in total. The fraction of sp³-hybridized carbons (Fsp3) is 0.286. The molecule has 0 amide bonds. The van der Waals surface area contributed by atoms with E-state index in [4.69, 9.17) is 34.3 Å². The first-order chi connectivity index (χ1) is 9.93. The smallest absolute Gasteiger partial charge is 0.131 e. The van der Waals surface area contributed by atoms with Crippen molar-refractivity contribution in [2.45, 2.75) is 20.0 Å². The molecule has 1 aromatic heterocycles. The van der Waals surface area contributed by atoms with Crippen molar-refractivity contribution in [1.29, 1.82) is 0 Å². The summed E-state index contributed by atoms with van der Waals surface area (Å²) in [4.78, 5) is 0.272. The van der Waals surface area contributed by atoms with E-state index in [0.29, 0.717) is 22.9 Å². The summed E-state index contributed by atoms with van der Waals surface area (Å²) in [5.74, 6) is 0.658. The Morgan fingerprint density at radius 2 is 2.24 bits per heavy atom. The van der Waals surface area contributed by atoms with Crippen molar-refractivity contribution in [1.82, 2.24) is 9.78 Å². The van der Waals surface area contributed by atoms with Gasteiger partial charge in [0.15, 0.2) is 0 Å². The molecule has 0 atom stereocenters. The minimum atomic E-state index is 0.272. The zero-order valence-corrected chi connectivity index (χ0v) is 14.8. The average molecular weight is 389 g/mol. The fourth-order valence-electron chi connectivity index (χ4n) is 1.91. The molecule has 7 heteroatoms. The van der Waals surface area contributed by atoms with Crippen LogP contribution in [0.4, 0.5) is 0 Å². The summed E-state index contributed by atoms with van der Waals surface area (Å²) in [5, 5.41) is 4.91. The molecule has 1 heterocycles. The monoisotopic (exact) mass is 387 g/mol. The predicted molar refractivity (Wildman–Crippen MR) is 92.0 cm³/mol. The minimum absolute atomic E-state index is 0.272. The summed E-state index contributed by atoms with van der Waals surface area (Å²) in [7, 11) is 1.89.